The van der Waals surface area contributed by atoms with Crippen LogP contribution in [-0.4, -0.2) is 10.7 Å². The predicted molar refractivity (Wildman–Crippen MR) is 75.5 cm³/mol. The quantitative estimate of drug-likeness (QED) is 0.702. The first-order chi connectivity index (χ1) is 9.24. The predicted octanol–water partition coefficient (Wildman–Crippen LogP) is 4.07. The van der Waals surface area contributed by atoms with Gasteiger partial charge in [0.15, 0.2) is 0 Å². The Morgan fingerprint density at radius 2 is 2.11 bits per heavy atom. The van der Waals surface area contributed by atoms with Crippen LogP contribution in [0.3, 0.4) is 0 Å². The average molecular weight is 255 g/mol. The van der Waals surface area contributed by atoms with E-state index in [1.165, 1.54) is 5.52 Å². The van der Waals surface area contributed by atoms with Crippen LogP contribution in [-0.2, 0) is 6.54 Å². The maximum absolute atomic E-state index is 5.84. The molecule has 3 nitrogen and oxygen atoms in total. The molecule has 0 aliphatic carbocycles. The Hall–Kier alpha value is -2.16. The van der Waals surface area contributed by atoms with E-state index < -0.39 is 0 Å². The summed E-state index contributed by atoms with van der Waals surface area (Å²) in [6.07, 6.45) is 5.75. The molecule has 0 radical (unpaired) electrons. The van der Waals surface area contributed by atoms with Gasteiger partial charge >= 0.3 is 0 Å². The third-order valence-electron chi connectivity index (χ3n) is 3.07. The molecule has 0 aliphatic rings. The van der Waals surface area contributed by atoms with Crippen LogP contribution in [0.5, 0.6) is 5.75 Å². The molecule has 0 unspecified atom stereocenters. The van der Waals surface area contributed by atoms with Gasteiger partial charge in [-0.1, -0.05) is 6.07 Å². The molecule has 2 heterocycles. The molecule has 3 heteroatoms. The van der Waals surface area contributed by atoms with Gasteiger partial charge in [-0.3, -0.25) is 0 Å². The molecule has 3 rings (SSSR count). The molecule has 0 aliphatic heterocycles. The van der Waals surface area contributed by atoms with Crippen molar-refractivity contribution in [2.45, 2.75) is 26.5 Å². The van der Waals surface area contributed by atoms with Crippen LogP contribution in [0.1, 0.15) is 19.4 Å². The van der Waals surface area contributed by atoms with Gasteiger partial charge in [0.2, 0.25) is 0 Å². The van der Waals surface area contributed by atoms with E-state index in [0.717, 1.165) is 23.2 Å². The molecule has 0 saturated carbocycles. The van der Waals surface area contributed by atoms with E-state index in [1.807, 2.05) is 32.0 Å². The highest BCUT2D eigenvalue weighted by Gasteiger charge is 2.08. The SMILES string of the molecule is CC(C)Oc1cccc2c1ccn2Cc1ccoc1. The van der Waals surface area contributed by atoms with Crippen LogP contribution in [0, 0.1) is 0 Å². The number of rotatable bonds is 4. The number of hydrogen-bond acceptors (Lipinski definition) is 2. The van der Waals surface area contributed by atoms with Gasteiger partial charge in [-0.25, -0.2) is 0 Å². The van der Waals surface area contributed by atoms with Crippen molar-refractivity contribution in [3.05, 3.63) is 54.6 Å². The van der Waals surface area contributed by atoms with E-state index in [2.05, 4.69) is 22.9 Å². The minimum Gasteiger partial charge on any atom is -0.490 e. The van der Waals surface area contributed by atoms with Crippen LogP contribution < -0.4 is 4.74 Å². The molecule has 0 spiro atoms. The fourth-order valence-corrected chi connectivity index (χ4v) is 2.27. The first kappa shape index (κ1) is 11.9. The van der Waals surface area contributed by atoms with Gasteiger partial charge in [-0.2, -0.15) is 0 Å². The fraction of sp³-hybridized carbons (Fsp3) is 0.250. The van der Waals surface area contributed by atoms with Gasteiger partial charge < -0.3 is 13.7 Å². The summed E-state index contributed by atoms with van der Waals surface area (Å²) in [6, 6.07) is 10.3. The summed E-state index contributed by atoms with van der Waals surface area (Å²) in [7, 11) is 0. The average Bonchev–Trinajstić information content (AvgIpc) is 3.00. The second-order valence-corrected chi connectivity index (χ2v) is 4.93. The first-order valence-electron chi connectivity index (χ1n) is 6.49. The van der Waals surface area contributed by atoms with Crippen molar-refractivity contribution in [3.8, 4) is 5.75 Å². The summed E-state index contributed by atoms with van der Waals surface area (Å²) in [6.45, 7) is 4.90. The molecule has 3 aromatic rings. The molecular formula is C16H17NO2. The Morgan fingerprint density at radius 1 is 1.21 bits per heavy atom. The molecule has 0 N–H and O–H groups in total. The van der Waals surface area contributed by atoms with Crippen molar-refractivity contribution in [2.75, 3.05) is 0 Å². The number of aromatic nitrogens is 1. The van der Waals surface area contributed by atoms with Gasteiger partial charge in [-0.15, -0.1) is 0 Å². The number of nitrogens with zero attached hydrogens (tertiary/aromatic N) is 1. The maximum atomic E-state index is 5.84. The third-order valence-corrected chi connectivity index (χ3v) is 3.07. The monoisotopic (exact) mass is 255 g/mol. The second-order valence-electron chi connectivity index (χ2n) is 4.93. The van der Waals surface area contributed by atoms with E-state index in [0.29, 0.717) is 0 Å². The van der Waals surface area contributed by atoms with Crippen molar-refractivity contribution in [3.63, 3.8) is 0 Å². The topological polar surface area (TPSA) is 27.3 Å². The van der Waals surface area contributed by atoms with E-state index in [4.69, 9.17) is 9.15 Å². The van der Waals surface area contributed by atoms with Crippen molar-refractivity contribution in [1.29, 1.82) is 0 Å². The molecule has 0 amide bonds. The van der Waals surface area contributed by atoms with E-state index in [1.54, 1.807) is 12.5 Å². The van der Waals surface area contributed by atoms with Crippen LogP contribution in [0.15, 0.2) is 53.5 Å². The van der Waals surface area contributed by atoms with Gasteiger partial charge in [0.05, 0.1) is 30.7 Å². The number of ether oxygens (including phenoxy) is 1. The Labute approximate surface area is 112 Å². The van der Waals surface area contributed by atoms with Crippen molar-refractivity contribution >= 4 is 10.9 Å². The molecule has 1 aromatic carbocycles. The number of fused-ring (bicyclic) bond motifs is 1. The van der Waals surface area contributed by atoms with E-state index in [9.17, 15) is 0 Å². The molecule has 19 heavy (non-hydrogen) atoms. The lowest BCUT2D eigenvalue weighted by Gasteiger charge is -2.11. The molecule has 0 fully saturated rings. The van der Waals surface area contributed by atoms with Crippen LogP contribution in [0.25, 0.3) is 10.9 Å². The molecule has 0 saturated heterocycles. The summed E-state index contributed by atoms with van der Waals surface area (Å²) in [5, 5.41) is 1.15. The van der Waals surface area contributed by atoms with Crippen LogP contribution in [0.2, 0.25) is 0 Å². The maximum Gasteiger partial charge on any atom is 0.129 e. The lowest BCUT2D eigenvalue weighted by molar-refractivity contribution is 0.245. The van der Waals surface area contributed by atoms with Crippen LogP contribution >= 0.6 is 0 Å². The first-order valence-corrected chi connectivity index (χ1v) is 6.49. The molecular weight excluding hydrogens is 238 g/mol. The van der Waals surface area contributed by atoms with E-state index in [-0.39, 0.29) is 6.10 Å². The highest BCUT2D eigenvalue weighted by Crippen LogP contribution is 2.27. The zero-order valence-electron chi connectivity index (χ0n) is 11.2. The van der Waals surface area contributed by atoms with Crippen LogP contribution in [0.4, 0.5) is 0 Å². The molecule has 0 atom stereocenters. The Balaban J connectivity index is 1.99. The van der Waals surface area contributed by atoms with Gasteiger partial charge in [0.1, 0.15) is 5.75 Å². The Morgan fingerprint density at radius 3 is 2.84 bits per heavy atom. The minimum absolute atomic E-state index is 0.183. The largest absolute Gasteiger partial charge is 0.490 e. The zero-order chi connectivity index (χ0) is 13.2. The summed E-state index contributed by atoms with van der Waals surface area (Å²) < 4.78 is 13.2. The van der Waals surface area contributed by atoms with Crippen molar-refractivity contribution in [1.82, 2.24) is 4.57 Å². The number of hydrogen-bond donors (Lipinski definition) is 0. The highest BCUT2D eigenvalue weighted by atomic mass is 16.5. The number of benzene rings is 1. The molecule has 0 bridgehead atoms. The lowest BCUT2D eigenvalue weighted by Crippen LogP contribution is -2.05. The van der Waals surface area contributed by atoms with Crippen molar-refractivity contribution < 1.29 is 9.15 Å². The third kappa shape index (κ3) is 2.36. The summed E-state index contributed by atoms with van der Waals surface area (Å²) in [5.41, 5.74) is 2.34. The molecule has 2 aromatic heterocycles. The second kappa shape index (κ2) is 4.84. The van der Waals surface area contributed by atoms with E-state index >= 15 is 0 Å². The minimum atomic E-state index is 0.183. The van der Waals surface area contributed by atoms with Gasteiger partial charge in [0.25, 0.3) is 0 Å². The fourth-order valence-electron chi connectivity index (χ4n) is 2.27. The molecule has 98 valence electrons. The Kier molecular flexibility index (Phi) is 3.03. The standard InChI is InChI=1S/C16H17NO2/c1-12(2)19-16-5-3-4-15-14(16)6-8-17(15)10-13-7-9-18-11-13/h3-9,11-12H,10H2,1-2H3. The highest BCUT2D eigenvalue weighted by molar-refractivity contribution is 5.86. The Bertz CT molecular complexity index is 665. The lowest BCUT2D eigenvalue weighted by atomic mass is 10.2. The number of furan rings is 1. The van der Waals surface area contributed by atoms with Gasteiger partial charge in [0, 0.05) is 17.1 Å². The smallest absolute Gasteiger partial charge is 0.129 e. The summed E-state index contributed by atoms with van der Waals surface area (Å²) in [4.78, 5) is 0. The summed E-state index contributed by atoms with van der Waals surface area (Å²) in [5.74, 6) is 0.943. The van der Waals surface area contributed by atoms with Gasteiger partial charge in [-0.05, 0) is 38.1 Å². The summed E-state index contributed by atoms with van der Waals surface area (Å²) >= 11 is 0. The van der Waals surface area contributed by atoms with Crippen molar-refractivity contribution in [2.24, 2.45) is 0 Å². The normalized spacial score (nSPS) is 11.3. The zero-order valence-corrected chi connectivity index (χ0v) is 11.2.